The lowest BCUT2D eigenvalue weighted by atomic mass is 9.95. The van der Waals surface area contributed by atoms with Crippen molar-refractivity contribution in [1.82, 2.24) is 10.2 Å². The highest BCUT2D eigenvalue weighted by Crippen LogP contribution is 2.33. The molecule has 42 heavy (non-hydrogen) atoms. The van der Waals surface area contributed by atoms with Gasteiger partial charge in [-0.15, -0.1) is 0 Å². The summed E-state index contributed by atoms with van der Waals surface area (Å²) in [6.45, 7) is 0.988. The molecule has 3 aromatic rings. The molecule has 0 spiro atoms. The quantitative estimate of drug-likeness (QED) is 0.244. The number of nitrogens with one attached hydrogen (secondary N) is 1. The van der Waals surface area contributed by atoms with Gasteiger partial charge in [-0.25, -0.2) is 8.42 Å². The third-order valence-corrected chi connectivity index (χ3v) is 10.3. The van der Waals surface area contributed by atoms with Crippen LogP contribution < -0.4 is 9.62 Å². The molecule has 4 rings (SSSR count). The molecule has 0 heterocycles. The van der Waals surface area contributed by atoms with Crippen LogP contribution in [0.15, 0.2) is 71.6 Å². The number of halogens is 4. The number of carbonyl (C=O) groups excluding carboxylic acids is 2. The Labute approximate surface area is 266 Å². The van der Waals surface area contributed by atoms with Gasteiger partial charge in [-0.1, -0.05) is 89.9 Å². The van der Waals surface area contributed by atoms with Crippen LogP contribution in [0.4, 0.5) is 5.69 Å². The molecule has 1 aliphatic rings. The Morgan fingerprint density at radius 2 is 1.57 bits per heavy atom. The first kappa shape index (κ1) is 32.4. The van der Waals surface area contributed by atoms with E-state index in [1.165, 1.54) is 35.2 Å². The molecule has 1 saturated carbocycles. The topological polar surface area (TPSA) is 86.8 Å². The SMILES string of the molecule is C[C@@H](C(=O)NC1CCCCC1)N(Cc1ccc(Cl)c(Cl)c1)C(=O)CN(c1ccc(Cl)cc1Cl)S(=O)(=O)c1ccccc1. The van der Waals surface area contributed by atoms with Crippen molar-refractivity contribution in [2.24, 2.45) is 0 Å². The van der Waals surface area contributed by atoms with Gasteiger partial charge in [0.25, 0.3) is 10.0 Å². The van der Waals surface area contributed by atoms with Crippen LogP contribution in [0.25, 0.3) is 0 Å². The van der Waals surface area contributed by atoms with Crippen molar-refractivity contribution in [1.29, 1.82) is 0 Å². The summed E-state index contributed by atoms with van der Waals surface area (Å²) in [6.07, 6.45) is 4.93. The highest BCUT2D eigenvalue weighted by atomic mass is 35.5. The van der Waals surface area contributed by atoms with E-state index in [4.69, 9.17) is 46.4 Å². The lowest BCUT2D eigenvalue weighted by Crippen LogP contribution is -2.53. The standard InChI is InChI=1S/C30H31Cl4N3O4S/c1-20(30(39)35-23-8-4-2-5-9-23)36(18-21-12-14-25(32)26(33)16-21)29(38)19-37(28-15-13-22(31)17-27(28)34)42(40,41)24-10-6-3-7-11-24/h3,6-7,10-17,20,23H,2,4-5,8-9,18-19H2,1H3,(H,35,39)/t20-/m0/s1. The Morgan fingerprint density at radius 3 is 2.21 bits per heavy atom. The Kier molecular flexibility index (Phi) is 11.1. The molecule has 7 nitrogen and oxygen atoms in total. The number of hydrogen-bond donors (Lipinski definition) is 1. The molecule has 0 aliphatic heterocycles. The summed E-state index contributed by atoms with van der Waals surface area (Å²) >= 11 is 24.9. The van der Waals surface area contributed by atoms with Crippen molar-refractivity contribution in [3.05, 3.63) is 92.4 Å². The zero-order valence-corrected chi connectivity index (χ0v) is 26.7. The summed E-state index contributed by atoms with van der Waals surface area (Å²) in [5.74, 6) is -0.935. The molecule has 1 N–H and O–H groups in total. The number of amides is 2. The number of carbonyl (C=O) groups is 2. The maximum atomic E-state index is 14.1. The lowest BCUT2D eigenvalue weighted by Gasteiger charge is -2.33. The first-order valence-corrected chi connectivity index (χ1v) is 16.5. The van der Waals surface area contributed by atoms with Crippen molar-refractivity contribution in [2.45, 2.75) is 62.6 Å². The van der Waals surface area contributed by atoms with Crippen LogP contribution in [-0.2, 0) is 26.2 Å². The van der Waals surface area contributed by atoms with Crippen molar-refractivity contribution in [3.63, 3.8) is 0 Å². The number of rotatable bonds is 10. The summed E-state index contributed by atoms with van der Waals surface area (Å²) < 4.78 is 28.7. The normalized spacial score (nSPS) is 14.7. The molecule has 1 aliphatic carbocycles. The molecule has 0 aromatic heterocycles. The fourth-order valence-corrected chi connectivity index (χ4v) is 7.24. The van der Waals surface area contributed by atoms with Gasteiger partial charge in [0.05, 0.1) is 25.7 Å². The second-order valence-electron chi connectivity index (χ2n) is 10.2. The Bertz CT molecular complexity index is 1530. The van der Waals surface area contributed by atoms with E-state index in [0.717, 1.165) is 36.4 Å². The maximum Gasteiger partial charge on any atom is 0.264 e. The van der Waals surface area contributed by atoms with E-state index in [1.54, 1.807) is 43.3 Å². The van der Waals surface area contributed by atoms with Crippen LogP contribution in [-0.4, -0.2) is 43.8 Å². The predicted octanol–water partition coefficient (Wildman–Crippen LogP) is 7.36. The van der Waals surface area contributed by atoms with Gasteiger partial charge in [-0.2, -0.15) is 0 Å². The van der Waals surface area contributed by atoms with Gasteiger partial charge in [0.1, 0.15) is 12.6 Å². The van der Waals surface area contributed by atoms with E-state index in [-0.39, 0.29) is 34.1 Å². The van der Waals surface area contributed by atoms with Gasteiger partial charge in [-0.3, -0.25) is 13.9 Å². The molecule has 0 saturated heterocycles. The van der Waals surface area contributed by atoms with Crippen molar-refractivity contribution >= 4 is 73.9 Å². The molecule has 0 radical (unpaired) electrons. The first-order chi connectivity index (χ1) is 20.0. The summed E-state index contributed by atoms with van der Waals surface area (Å²) in [6, 6.07) is 16.1. The summed E-state index contributed by atoms with van der Waals surface area (Å²) in [4.78, 5) is 28.8. The number of nitrogens with zero attached hydrogens (tertiary/aromatic N) is 2. The molecular weight excluding hydrogens is 640 g/mol. The Hall–Kier alpha value is -2.49. The average molecular weight is 671 g/mol. The molecule has 1 atom stereocenters. The second-order valence-corrected chi connectivity index (χ2v) is 13.7. The molecule has 1 fully saturated rings. The fourth-order valence-electron chi connectivity index (χ4n) is 4.90. The molecule has 0 bridgehead atoms. The predicted molar refractivity (Wildman–Crippen MR) is 169 cm³/mol. The van der Waals surface area contributed by atoms with Crippen LogP contribution in [0.1, 0.15) is 44.6 Å². The highest BCUT2D eigenvalue weighted by molar-refractivity contribution is 7.92. The number of anilines is 1. The lowest BCUT2D eigenvalue weighted by molar-refractivity contribution is -0.139. The fraction of sp³-hybridized carbons (Fsp3) is 0.333. The van der Waals surface area contributed by atoms with E-state index in [9.17, 15) is 18.0 Å². The van der Waals surface area contributed by atoms with Crippen LogP contribution in [0.5, 0.6) is 0 Å². The maximum absolute atomic E-state index is 14.1. The van der Waals surface area contributed by atoms with Crippen LogP contribution >= 0.6 is 46.4 Å². The van der Waals surface area contributed by atoms with Crippen molar-refractivity contribution < 1.29 is 18.0 Å². The summed E-state index contributed by atoms with van der Waals surface area (Å²) in [7, 11) is -4.25. The minimum absolute atomic E-state index is 0.0114. The third-order valence-electron chi connectivity index (χ3n) is 7.24. The van der Waals surface area contributed by atoms with E-state index in [0.29, 0.717) is 20.6 Å². The summed E-state index contributed by atoms with van der Waals surface area (Å²) in [5, 5.41) is 4.07. The van der Waals surface area contributed by atoms with Gasteiger partial charge in [0, 0.05) is 17.6 Å². The van der Waals surface area contributed by atoms with E-state index >= 15 is 0 Å². The van der Waals surface area contributed by atoms with E-state index in [1.807, 2.05) is 0 Å². The second kappa shape index (κ2) is 14.3. The zero-order chi connectivity index (χ0) is 30.4. The van der Waals surface area contributed by atoms with E-state index < -0.39 is 28.5 Å². The smallest absolute Gasteiger partial charge is 0.264 e. The molecule has 2 amide bonds. The van der Waals surface area contributed by atoms with Crippen LogP contribution in [0.2, 0.25) is 20.1 Å². The molecule has 3 aromatic carbocycles. The van der Waals surface area contributed by atoms with Gasteiger partial charge < -0.3 is 10.2 Å². The van der Waals surface area contributed by atoms with Gasteiger partial charge in [-0.05, 0) is 67.8 Å². The van der Waals surface area contributed by atoms with Crippen molar-refractivity contribution in [2.75, 3.05) is 10.8 Å². The number of benzene rings is 3. The zero-order valence-electron chi connectivity index (χ0n) is 22.9. The monoisotopic (exact) mass is 669 g/mol. The summed E-state index contributed by atoms with van der Waals surface area (Å²) in [5.41, 5.74) is 0.698. The molecule has 0 unspecified atom stereocenters. The van der Waals surface area contributed by atoms with Crippen molar-refractivity contribution in [3.8, 4) is 0 Å². The Balaban J connectivity index is 1.70. The molecule has 12 heteroatoms. The highest BCUT2D eigenvalue weighted by Gasteiger charge is 2.34. The van der Waals surface area contributed by atoms with E-state index in [2.05, 4.69) is 5.32 Å². The van der Waals surface area contributed by atoms with Gasteiger partial charge in [0.15, 0.2) is 0 Å². The minimum atomic E-state index is -4.25. The Morgan fingerprint density at radius 1 is 0.881 bits per heavy atom. The third kappa shape index (κ3) is 7.91. The van der Waals surface area contributed by atoms with Crippen LogP contribution in [0.3, 0.4) is 0 Å². The number of sulfonamides is 1. The number of hydrogen-bond acceptors (Lipinski definition) is 4. The molecule has 224 valence electrons. The minimum Gasteiger partial charge on any atom is -0.352 e. The van der Waals surface area contributed by atoms with Gasteiger partial charge >= 0.3 is 0 Å². The molecular formula is C30H31Cl4N3O4S. The first-order valence-electron chi connectivity index (χ1n) is 13.5. The van der Waals surface area contributed by atoms with Gasteiger partial charge in [0.2, 0.25) is 11.8 Å². The largest absolute Gasteiger partial charge is 0.352 e. The van der Waals surface area contributed by atoms with Crippen LogP contribution in [0, 0.1) is 0 Å². The average Bonchev–Trinajstić information content (AvgIpc) is 2.97.